The van der Waals surface area contributed by atoms with Crippen LogP contribution in [-0.2, 0) is 14.3 Å². The summed E-state index contributed by atoms with van der Waals surface area (Å²) in [6, 6.07) is 7.07. The van der Waals surface area contributed by atoms with E-state index in [2.05, 4.69) is 10.2 Å². The van der Waals surface area contributed by atoms with Crippen molar-refractivity contribution in [2.45, 2.75) is 32.6 Å². The molecule has 2 aliphatic heterocycles. The Labute approximate surface area is 166 Å². The Balaban J connectivity index is 1.44. The molecule has 0 bridgehead atoms. The third kappa shape index (κ3) is 5.32. The molecule has 0 atom stereocenters. The lowest BCUT2D eigenvalue weighted by molar-refractivity contribution is -0.149. The summed E-state index contributed by atoms with van der Waals surface area (Å²) in [5, 5.41) is 2.88. The molecule has 3 rings (SSSR count). The number of carbonyl (C=O) groups excluding carboxylic acids is 3. The summed E-state index contributed by atoms with van der Waals surface area (Å²) < 4.78 is 5.07. The Kier molecular flexibility index (Phi) is 7.03. The molecule has 0 aliphatic carbocycles. The van der Waals surface area contributed by atoms with Crippen LogP contribution in [0.1, 0.15) is 43.0 Å². The van der Waals surface area contributed by atoms with Crippen LogP contribution in [0.3, 0.4) is 0 Å². The number of hydrogen-bond donors (Lipinski definition) is 1. The van der Waals surface area contributed by atoms with Gasteiger partial charge in [0, 0.05) is 24.3 Å². The number of ether oxygens (including phenoxy) is 1. The van der Waals surface area contributed by atoms with Crippen molar-refractivity contribution >= 4 is 23.5 Å². The molecule has 7 heteroatoms. The molecule has 1 aromatic carbocycles. The van der Waals surface area contributed by atoms with E-state index in [1.54, 1.807) is 24.3 Å². The Morgan fingerprint density at radius 3 is 2.29 bits per heavy atom. The summed E-state index contributed by atoms with van der Waals surface area (Å²) >= 11 is 0. The second-order valence-electron chi connectivity index (χ2n) is 7.43. The lowest BCUT2D eigenvalue weighted by atomic mass is 9.97. The maximum Gasteiger partial charge on any atom is 0.309 e. The standard InChI is InChI=1S/C21H29N3O4/c1-2-28-21(27)17-9-13-23(14-10-17)15-19(25)22-18-7-5-16(6-8-18)20(26)24-11-3-4-12-24/h5-8,17H,2-4,9-15H2,1H3,(H,22,25). The first-order chi connectivity index (χ1) is 13.6. The minimum atomic E-state index is -0.129. The highest BCUT2D eigenvalue weighted by Gasteiger charge is 2.26. The second-order valence-corrected chi connectivity index (χ2v) is 7.43. The molecule has 1 aromatic rings. The molecule has 28 heavy (non-hydrogen) atoms. The number of likely N-dealkylation sites (tertiary alicyclic amines) is 2. The van der Waals surface area contributed by atoms with Crippen molar-refractivity contribution in [3.63, 3.8) is 0 Å². The summed E-state index contributed by atoms with van der Waals surface area (Å²) in [4.78, 5) is 40.4. The summed E-state index contributed by atoms with van der Waals surface area (Å²) in [7, 11) is 0. The van der Waals surface area contributed by atoms with Gasteiger partial charge >= 0.3 is 5.97 Å². The van der Waals surface area contributed by atoms with Gasteiger partial charge in [-0.2, -0.15) is 0 Å². The molecule has 152 valence electrons. The van der Waals surface area contributed by atoms with E-state index in [1.165, 1.54) is 0 Å². The van der Waals surface area contributed by atoms with E-state index in [0.29, 0.717) is 37.5 Å². The molecule has 2 heterocycles. The first kappa shape index (κ1) is 20.3. The number of piperidine rings is 1. The summed E-state index contributed by atoms with van der Waals surface area (Å²) in [6.45, 7) is 5.58. The van der Waals surface area contributed by atoms with Gasteiger partial charge < -0.3 is 15.0 Å². The predicted molar refractivity (Wildman–Crippen MR) is 106 cm³/mol. The number of esters is 1. The lowest BCUT2D eigenvalue weighted by Crippen LogP contribution is -2.41. The zero-order valence-corrected chi connectivity index (χ0v) is 16.5. The number of anilines is 1. The van der Waals surface area contributed by atoms with E-state index in [9.17, 15) is 14.4 Å². The molecule has 1 N–H and O–H groups in total. The molecule has 0 spiro atoms. The fourth-order valence-electron chi connectivity index (χ4n) is 3.79. The topological polar surface area (TPSA) is 79.0 Å². The van der Waals surface area contributed by atoms with Gasteiger partial charge in [0.05, 0.1) is 19.1 Å². The van der Waals surface area contributed by atoms with Crippen LogP contribution in [0, 0.1) is 5.92 Å². The number of nitrogens with zero attached hydrogens (tertiary/aromatic N) is 2. The fourth-order valence-corrected chi connectivity index (χ4v) is 3.79. The van der Waals surface area contributed by atoms with E-state index in [1.807, 2.05) is 11.8 Å². The van der Waals surface area contributed by atoms with E-state index in [-0.39, 0.29) is 23.7 Å². The predicted octanol–water partition coefficient (Wildman–Crippen LogP) is 2.14. The zero-order valence-electron chi connectivity index (χ0n) is 16.5. The van der Waals surface area contributed by atoms with Crippen LogP contribution >= 0.6 is 0 Å². The average molecular weight is 387 g/mol. The Hall–Kier alpha value is -2.41. The summed E-state index contributed by atoms with van der Waals surface area (Å²) in [6.07, 6.45) is 3.58. The molecule has 2 saturated heterocycles. The van der Waals surface area contributed by atoms with E-state index in [0.717, 1.165) is 38.8 Å². The molecule has 2 fully saturated rings. The van der Waals surface area contributed by atoms with Crippen LogP contribution in [0.2, 0.25) is 0 Å². The van der Waals surface area contributed by atoms with Gasteiger partial charge in [-0.25, -0.2) is 0 Å². The summed E-state index contributed by atoms with van der Waals surface area (Å²) in [5.74, 6) is -0.219. The average Bonchev–Trinajstić information content (AvgIpc) is 3.23. The van der Waals surface area contributed by atoms with Crippen molar-refractivity contribution in [2.24, 2.45) is 5.92 Å². The third-order valence-electron chi connectivity index (χ3n) is 5.38. The van der Waals surface area contributed by atoms with Gasteiger partial charge in [-0.3, -0.25) is 19.3 Å². The van der Waals surface area contributed by atoms with Crippen molar-refractivity contribution in [1.82, 2.24) is 9.80 Å². The maximum absolute atomic E-state index is 12.4. The lowest BCUT2D eigenvalue weighted by Gasteiger charge is -2.30. The Morgan fingerprint density at radius 1 is 1.04 bits per heavy atom. The fraction of sp³-hybridized carbons (Fsp3) is 0.571. The molecular weight excluding hydrogens is 358 g/mol. The number of hydrogen-bond acceptors (Lipinski definition) is 5. The van der Waals surface area contributed by atoms with Crippen LogP contribution in [0.15, 0.2) is 24.3 Å². The Bertz CT molecular complexity index is 690. The number of nitrogens with one attached hydrogen (secondary N) is 1. The van der Waals surface area contributed by atoms with Gasteiger partial charge in [0.15, 0.2) is 0 Å². The molecule has 0 saturated carbocycles. The molecule has 2 amide bonds. The van der Waals surface area contributed by atoms with Crippen molar-refractivity contribution in [2.75, 3.05) is 44.6 Å². The molecule has 0 radical (unpaired) electrons. The zero-order chi connectivity index (χ0) is 19.9. The summed E-state index contributed by atoms with van der Waals surface area (Å²) in [5.41, 5.74) is 1.34. The van der Waals surface area contributed by atoms with Crippen LogP contribution in [0.5, 0.6) is 0 Å². The third-order valence-corrected chi connectivity index (χ3v) is 5.38. The number of rotatable bonds is 6. The highest BCUT2D eigenvalue weighted by molar-refractivity contribution is 5.96. The van der Waals surface area contributed by atoms with Crippen molar-refractivity contribution < 1.29 is 19.1 Å². The second kappa shape index (κ2) is 9.68. The highest BCUT2D eigenvalue weighted by Crippen LogP contribution is 2.19. The smallest absolute Gasteiger partial charge is 0.309 e. The SMILES string of the molecule is CCOC(=O)C1CCN(CC(=O)Nc2ccc(C(=O)N3CCCC3)cc2)CC1. The molecule has 0 unspecified atom stereocenters. The van der Waals surface area contributed by atoms with Gasteiger partial charge in [0.25, 0.3) is 5.91 Å². The van der Waals surface area contributed by atoms with Crippen LogP contribution < -0.4 is 5.32 Å². The first-order valence-corrected chi connectivity index (χ1v) is 10.1. The van der Waals surface area contributed by atoms with Crippen LogP contribution in [0.4, 0.5) is 5.69 Å². The highest BCUT2D eigenvalue weighted by atomic mass is 16.5. The van der Waals surface area contributed by atoms with Gasteiger partial charge in [-0.15, -0.1) is 0 Å². The minimum absolute atomic E-state index is 0.0554. The van der Waals surface area contributed by atoms with Crippen molar-refractivity contribution in [3.8, 4) is 0 Å². The van der Waals surface area contributed by atoms with Gasteiger partial charge in [0.1, 0.15) is 0 Å². The normalized spacial score (nSPS) is 18.1. The number of amides is 2. The maximum atomic E-state index is 12.4. The molecular formula is C21H29N3O4. The first-order valence-electron chi connectivity index (χ1n) is 10.1. The van der Waals surface area contributed by atoms with Gasteiger partial charge in [0.2, 0.25) is 5.91 Å². The quantitative estimate of drug-likeness (QED) is 0.757. The molecule has 2 aliphatic rings. The monoisotopic (exact) mass is 387 g/mol. The van der Waals surface area contributed by atoms with Gasteiger partial charge in [-0.05, 0) is 70.0 Å². The van der Waals surface area contributed by atoms with Crippen LogP contribution in [-0.4, -0.2) is 66.9 Å². The van der Waals surface area contributed by atoms with Gasteiger partial charge in [-0.1, -0.05) is 0 Å². The van der Waals surface area contributed by atoms with Crippen LogP contribution in [0.25, 0.3) is 0 Å². The largest absolute Gasteiger partial charge is 0.466 e. The van der Waals surface area contributed by atoms with E-state index in [4.69, 9.17) is 4.74 Å². The van der Waals surface area contributed by atoms with E-state index < -0.39 is 0 Å². The minimum Gasteiger partial charge on any atom is -0.466 e. The number of benzene rings is 1. The molecule has 7 nitrogen and oxygen atoms in total. The Morgan fingerprint density at radius 2 is 1.68 bits per heavy atom. The van der Waals surface area contributed by atoms with Crippen molar-refractivity contribution in [3.05, 3.63) is 29.8 Å². The van der Waals surface area contributed by atoms with Crippen molar-refractivity contribution in [1.29, 1.82) is 0 Å². The number of carbonyl (C=O) groups is 3. The molecule has 0 aromatic heterocycles. The van der Waals surface area contributed by atoms with E-state index >= 15 is 0 Å².